The molecule has 0 saturated carbocycles. The fourth-order valence-electron chi connectivity index (χ4n) is 1.78. The molecule has 1 heterocycles. The summed E-state index contributed by atoms with van der Waals surface area (Å²) in [6.07, 6.45) is 0.495. The average molecular weight is 383 g/mol. The van der Waals surface area contributed by atoms with Crippen molar-refractivity contribution in [3.63, 3.8) is 0 Å². The zero-order valence-corrected chi connectivity index (χ0v) is 13.0. The van der Waals surface area contributed by atoms with Crippen molar-refractivity contribution in [2.24, 2.45) is 0 Å². The second-order valence-electron chi connectivity index (χ2n) is 3.74. The zero-order valence-electron chi connectivity index (χ0n) is 9.04. The van der Waals surface area contributed by atoms with Crippen LogP contribution in [0.15, 0.2) is 16.6 Å². The minimum absolute atomic E-state index is 0.0677. The highest BCUT2D eigenvalue weighted by Crippen LogP contribution is 2.38. The summed E-state index contributed by atoms with van der Waals surface area (Å²) in [6.45, 7) is 0.628. The van der Waals surface area contributed by atoms with E-state index in [1.807, 2.05) is 0 Å². The van der Waals surface area contributed by atoms with Gasteiger partial charge >= 0.3 is 0 Å². The molecular formula is C11H10Br2ClNO2. The lowest BCUT2D eigenvalue weighted by Crippen LogP contribution is -2.24. The number of hydrogen-bond acceptors (Lipinski definition) is 2. The molecule has 1 aromatic carbocycles. The fourth-order valence-corrected chi connectivity index (χ4v) is 3.25. The fraction of sp³-hybridized carbons (Fsp3) is 0.364. The van der Waals surface area contributed by atoms with Crippen LogP contribution in [0.2, 0.25) is 5.02 Å². The van der Waals surface area contributed by atoms with Gasteiger partial charge in [-0.25, -0.2) is 0 Å². The van der Waals surface area contributed by atoms with Crippen LogP contribution >= 0.6 is 43.5 Å². The van der Waals surface area contributed by atoms with E-state index in [0.29, 0.717) is 29.4 Å². The van der Waals surface area contributed by atoms with Crippen molar-refractivity contribution < 1.29 is 9.53 Å². The second kappa shape index (κ2) is 5.16. The topological polar surface area (TPSA) is 29.5 Å². The largest absolute Gasteiger partial charge is 0.495 e. The number of benzene rings is 1. The average Bonchev–Trinajstić information content (AvgIpc) is 2.58. The van der Waals surface area contributed by atoms with Gasteiger partial charge in [0.05, 0.1) is 22.3 Å². The maximum absolute atomic E-state index is 11.8. The molecule has 0 aromatic heterocycles. The first-order valence-corrected chi connectivity index (χ1v) is 7.09. The highest BCUT2D eigenvalue weighted by molar-refractivity contribution is 9.10. The molecule has 6 heteroatoms. The molecule has 1 fully saturated rings. The zero-order chi connectivity index (χ0) is 12.6. The van der Waals surface area contributed by atoms with Crippen LogP contribution < -0.4 is 9.64 Å². The Morgan fingerprint density at radius 3 is 2.76 bits per heavy atom. The molecule has 1 atom stereocenters. The van der Waals surface area contributed by atoms with E-state index < -0.39 is 0 Å². The van der Waals surface area contributed by atoms with E-state index in [0.717, 1.165) is 4.47 Å². The van der Waals surface area contributed by atoms with Gasteiger partial charge in [0.2, 0.25) is 5.91 Å². The molecule has 3 nitrogen and oxygen atoms in total. The molecule has 0 spiro atoms. The molecule has 1 aliphatic heterocycles. The third-order valence-electron chi connectivity index (χ3n) is 2.59. The number of anilines is 1. The van der Waals surface area contributed by atoms with Crippen molar-refractivity contribution in [1.82, 2.24) is 0 Å². The molecule has 1 unspecified atom stereocenters. The summed E-state index contributed by atoms with van der Waals surface area (Å²) in [5, 5.41) is 0.535. The first-order valence-electron chi connectivity index (χ1n) is 5.00. The number of hydrogen-bond donors (Lipinski definition) is 0. The van der Waals surface area contributed by atoms with E-state index in [9.17, 15) is 4.79 Å². The Balaban J connectivity index is 2.41. The van der Waals surface area contributed by atoms with Crippen molar-refractivity contribution in [3.8, 4) is 5.75 Å². The smallest absolute Gasteiger partial charge is 0.228 e. The Morgan fingerprint density at radius 2 is 2.24 bits per heavy atom. The van der Waals surface area contributed by atoms with Crippen molar-refractivity contribution in [1.29, 1.82) is 0 Å². The SMILES string of the molecule is COc1cc(N2CC(Br)CC2=O)c(Cl)cc1Br. The summed E-state index contributed by atoms with van der Waals surface area (Å²) in [5.74, 6) is 0.730. The first kappa shape index (κ1) is 13.2. The highest BCUT2D eigenvalue weighted by Gasteiger charge is 2.30. The highest BCUT2D eigenvalue weighted by atomic mass is 79.9. The van der Waals surface area contributed by atoms with Crippen LogP contribution in [0.5, 0.6) is 5.75 Å². The summed E-state index contributed by atoms with van der Waals surface area (Å²) in [6, 6.07) is 3.51. The number of carbonyl (C=O) groups is 1. The van der Waals surface area contributed by atoms with Gasteiger partial charge in [-0.1, -0.05) is 27.5 Å². The minimum atomic E-state index is 0.0677. The molecule has 0 radical (unpaired) electrons. The van der Waals surface area contributed by atoms with Gasteiger partial charge in [0.1, 0.15) is 5.75 Å². The lowest BCUT2D eigenvalue weighted by Gasteiger charge is -2.19. The summed E-state index contributed by atoms with van der Waals surface area (Å²) in [4.78, 5) is 13.7. The van der Waals surface area contributed by atoms with Crippen LogP contribution in [0.25, 0.3) is 0 Å². The number of amides is 1. The van der Waals surface area contributed by atoms with Gasteiger partial charge < -0.3 is 9.64 Å². The number of carbonyl (C=O) groups excluding carboxylic acids is 1. The van der Waals surface area contributed by atoms with Gasteiger partial charge in [-0.2, -0.15) is 0 Å². The lowest BCUT2D eigenvalue weighted by atomic mass is 10.2. The lowest BCUT2D eigenvalue weighted by molar-refractivity contribution is -0.117. The Kier molecular flexibility index (Phi) is 4.00. The monoisotopic (exact) mass is 381 g/mol. The molecule has 17 heavy (non-hydrogen) atoms. The number of rotatable bonds is 2. The third kappa shape index (κ3) is 2.61. The second-order valence-corrected chi connectivity index (χ2v) is 6.30. The summed E-state index contributed by atoms with van der Waals surface area (Å²) in [7, 11) is 1.58. The molecule has 92 valence electrons. The van der Waals surface area contributed by atoms with Crippen molar-refractivity contribution in [3.05, 3.63) is 21.6 Å². The van der Waals surface area contributed by atoms with Crippen LogP contribution in [-0.2, 0) is 4.79 Å². The van der Waals surface area contributed by atoms with Crippen molar-refractivity contribution in [2.75, 3.05) is 18.6 Å². The van der Waals surface area contributed by atoms with E-state index >= 15 is 0 Å². The quantitative estimate of drug-likeness (QED) is 0.730. The minimum Gasteiger partial charge on any atom is -0.495 e. The Labute approximate surface area is 121 Å². The Hall–Kier alpha value is -0.260. The maximum Gasteiger partial charge on any atom is 0.228 e. The van der Waals surface area contributed by atoms with Crippen LogP contribution in [0.4, 0.5) is 5.69 Å². The van der Waals surface area contributed by atoms with E-state index in [1.54, 1.807) is 24.1 Å². The molecule has 0 aliphatic carbocycles. The van der Waals surface area contributed by atoms with Crippen LogP contribution in [0.1, 0.15) is 6.42 Å². The Morgan fingerprint density at radius 1 is 1.53 bits per heavy atom. The van der Waals surface area contributed by atoms with Gasteiger partial charge in [-0.3, -0.25) is 4.79 Å². The molecule has 1 saturated heterocycles. The van der Waals surface area contributed by atoms with Gasteiger partial charge in [0.15, 0.2) is 0 Å². The van der Waals surface area contributed by atoms with Gasteiger partial charge in [-0.15, -0.1) is 0 Å². The normalized spacial score (nSPS) is 19.9. The van der Waals surface area contributed by atoms with E-state index in [4.69, 9.17) is 16.3 Å². The number of alkyl halides is 1. The summed E-state index contributed by atoms with van der Waals surface area (Å²) in [5.41, 5.74) is 0.693. The first-order chi connectivity index (χ1) is 8.02. The number of ether oxygens (including phenoxy) is 1. The predicted octanol–water partition coefficient (Wildman–Crippen LogP) is 3.61. The number of halogens is 3. The van der Waals surface area contributed by atoms with Crippen molar-refractivity contribution in [2.45, 2.75) is 11.2 Å². The molecule has 0 N–H and O–H groups in total. The van der Waals surface area contributed by atoms with Crippen molar-refractivity contribution >= 4 is 55.1 Å². The van der Waals surface area contributed by atoms with Gasteiger partial charge in [0, 0.05) is 23.9 Å². The predicted molar refractivity (Wildman–Crippen MR) is 75.4 cm³/mol. The Bertz CT molecular complexity index is 467. The van der Waals surface area contributed by atoms with Gasteiger partial charge in [-0.05, 0) is 22.0 Å². The number of methoxy groups -OCH3 is 1. The molecular weight excluding hydrogens is 373 g/mol. The third-order valence-corrected chi connectivity index (χ3v) is 4.13. The summed E-state index contributed by atoms with van der Waals surface area (Å²) >= 11 is 13.0. The van der Waals surface area contributed by atoms with E-state index in [-0.39, 0.29) is 10.7 Å². The molecule has 1 aliphatic rings. The number of nitrogens with zero attached hydrogens (tertiary/aromatic N) is 1. The van der Waals surface area contributed by atoms with Gasteiger partial charge in [0.25, 0.3) is 0 Å². The van der Waals surface area contributed by atoms with E-state index in [1.165, 1.54) is 0 Å². The van der Waals surface area contributed by atoms with Crippen LogP contribution in [-0.4, -0.2) is 24.4 Å². The molecule has 1 aromatic rings. The van der Waals surface area contributed by atoms with E-state index in [2.05, 4.69) is 31.9 Å². The summed E-state index contributed by atoms with van der Waals surface area (Å²) < 4.78 is 5.98. The van der Waals surface area contributed by atoms with Crippen LogP contribution in [0.3, 0.4) is 0 Å². The molecule has 1 amide bonds. The standard InChI is InChI=1S/C11H10Br2ClNO2/c1-17-10-4-9(8(14)3-7(10)13)15-5-6(12)2-11(15)16/h3-4,6H,2,5H2,1H3. The molecule has 2 rings (SSSR count). The van der Waals surface area contributed by atoms with Crippen LogP contribution in [0, 0.1) is 0 Å². The molecule has 0 bridgehead atoms. The maximum atomic E-state index is 11.8.